The molecule has 0 aromatic heterocycles. The number of carbonyl (C=O) groups is 1. The molecule has 1 aliphatic heterocycles. The summed E-state index contributed by atoms with van der Waals surface area (Å²) < 4.78 is 0. The largest absolute Gasteiger partial charge is 0.342 e. The number of non-ortho nitro benzene ring substituents is 1. The quantitative estimate of drug-likeness (QED) is 0.163. The molecule has 0 aliphatic carbocycles. The van der Waals surface area contributed by atoms with Crippen molar-refractivity contribution in [1.82, 2.24) is 4.90 Å². The maximum absolute atomic E-state index is 14.0. The van der Waals surface area contributed by atoms with Crippen LogP contribution in [0.2, 0.25) is 0 Å². The Balaban J connectivity index is 1.69. The fraction of sp³-hybridized carbons (Fsp3) is 0.138. The van der Waals surface area contributed by atoms with Crippen molar-refractivity contribution < 1.29 is 9.72 Å². The molecule has 4 aromatic carbocycles. The first-order valence-corrected chi connectivity index (χ1v) is 12.9. The zero-order valence-electron chi connectivity index (χ0n) is 19.8. The molecule has 7 heteroatoms. The third kappa shape index (κ3) is 4.70. The van der Waals surface area contributed by atoms with Gasteiger partial charge in [-0.05, 0) is 41.1 Å². The van der Waals surface area contributed by atoms with E-state index in [0.717, 1.165) is 21.6 Å². The number of fused-ring (bicyclic) bond motifs is 1. The van der Waals surface area contributed by atoms with E-state index in [9.17, 15) is 14.9 Å². The molecule has 0 saturated heterocycles. The molecule has 0 bridgehead atoms. The van der Waals surface area contributed by atoms with Gasteiger partial charge in [-0.3, -0.25) is 14.9 Å². The van der Waals surface area contributed by atoms with Gasteiger partial charge in [0.15, 0.2) is 0 Å². The Morgan fingerprint density at radius 2 is 1.39 bits per heavy atom. The maximum Gasteiger partial charge on any atom is 0.270 e. The van der Waals surface area contributed by atoms with Crippen LogP contribution in [0.15, 0.2) is 108 Å². The van der Waals surface area contributed by atoms with Crippen LogP contribution in [0.3, 0.4) is 0 Å². The summed E-state index contributed by atoms with van der Waals surface area (Å²) in [6.07, 6.45) is 1.65. The molecule has 0 unspecified atom stereocenters. The summed E-state index contributed by atoms with van der Waals surface area (Å²) >= 11 is 1.67. The SMILES string of the molecule is CSc1ccc([C@@H]2N(Cc3ccccc3)C(=O)c3cc([N+](=O)[O-])ccc3N2Cc2ccccc2)cc1. The molecule has 0 spiro atoms. The van der Waals surface area contributed by atoms with Gasteiger partial charge in [0.05, 0.1) is 16.2 Å². The summed E-state index contributed by atoms with van der Waals surface area (Å²) in [5.41, 5.74) is 4.00. The number of anilines is 1. The van der Waals surface area contributed by atoms with E-state index in [0.29, 0.717) is 24.3 Å². The molecule has 6 nitrogen and oxygen atoms in total. The van der Waals surface area contributed by atoms with Crippen molar-refractivity contribution in [3.63, 3.8) is 0 Å². The predicted octanol–water partition coefficient (Wildman–Crippen LogP) is 6.68. The molecule has 4 aromatic rings. The van der Waals surface area contributed by atoms with E-state index >= 15 is 0 Å². The number of hydrogen-bond acceptors (Lipinski definition) is 5. The highest BCUT2D eigenvalue weighted by atomic mass is 32.2. The van der Waals surface area contributed by atoms with Gasteiger partial charge in [0.25, 0.3) is 11.6 Å². The van der Waals surface area contributed by atoms with Gasteiger partial charge < -0.3 is 9.80 Å². The van der Waals surface area contributed by atoms with Gasteiger partial charge in [-0.2, -0.15) is 0 Å². The summed E-state index contributed by atoms with van der Waals surface area (Å²) in [4.78, 5) is 30.2. The van der Waals surface area contributed by atoms with Crippen LogP contribution >= 0.6 is 11.8 Å². The minimum Gasteiger partial charge on any atom is -0.342 e. The maximum atomic E-state index is 14.0. The molecule has 0 radical (unpaired) electrons. The van der Waals surface area contributed by atoms with Crippen molar-refractivity contribution in [1.29, 1.82) is 0 Å². The molecule has 5 rings (SSSR count). The Hall–Kier alpha value is -4.10. The lowest BCUT2D eigenvalue weighted by atomic mass is 9.98. The van der Waals surface area contributed by atoms with Gasteiger partial charge in [-0.25, -0.2) is 0 Å². The van der Waals surface area contributed by atoms with Crippen molar-refractivity contribution >= 4 is 29.0 Å². The zero-order chi connectivity index (χ0) is 25.1. The predicted molar refractivity (Wildman–Crippen MR) is 143 cm³/mol. The Kier molecular flexibility index (Phi) is 6.73. The molecular weight excluding hydrogens is 470 g/mol. The lowest BCUT2D eigenvalue weighted by molar-refractivity contribution is -0.384. The Morgan fingerprint density at radius 3 is 1.94 bits per heavy atom. The number of benzene rings is 4. The number of amides is 1. The molecular formula is C29H25N3O3S. The van der Waals surface area contributed by atoms with E-state index in [1.54, 1.807) is 17.8 Å². The van der Waals surface area contributed by atoms with E-state index in [-0.39, 0.29) is 17.8 Å². The number of carbonyl (C=O) groups excluding carboxylic acids is 1. The van der Waals surface area contributed by atoms with E-state index in [1.165, 1.54) is 12.1 Å². The molecule has 180 valence electrons. The number of rotatable bonds is 7. The molecule has 1 atom stereocenters. The molecule has 1 amide bonds. The van der Waals surface area contributed by atoms with Crippen LogP contribution in [-0.4, -0.2) is 22.0 Å². The highest BCUT2D eigenvalue weighted by Crippen LogP contribution is 2.42. The van der Waals surface area contributed by atoms with Gasteiger partial charge in [-0.15, -0.1) is 11.8 Å². The number of hydrogen-bond donors (Lipinski definition) is 0. The van der Waals surface area contributed by atoms with Crippen molar-refractivity contribution in [2.24, 2.45) is 0 Å². The minimum atomic E-state index is -0.455. The van der Waals surface area contributed by atoms with Crippen LogP contribution in [0.5, 0.6) is 0 Å². The Labute approximate surface area is 214 Å². The van der Waals surface area contributed by atoms with Gasteiger partial charge in [0.2, 0.25) is 0 Å². The lowest BCUT2D eigenvalue weighted by Gasteiger charge is -2.46. The van der Waals surface area contributed by atoms with Crippen molar-refractivity contribution in [2.45, 2.75) is 24.2 Å². The van der Waals surface area contributed by atoms with Crippen molar-refractivity contribution in [3.05, 3.63) is 135 Å². The summed E-state index contributed by atoms with van der Waals surface area (Å²) in [6.45, 7) is 0.918. The van der Waals surface area contributed by atoms with E-state index in [1.807, 2.05) is 59.7 Å². The summed E-state index contributed by atoms with van der Waals surface area (Å²) in [6, 6.07) is 32.7. The van der Waals surface area contributed by atoms with Crippen LogP contribution in [-0.2, 0) is 13.1 Å². The second-order valence-electron chi connectivity index (χ2n) is 8.64. The number of nitro groups is 1. The monoisotopic (exact) mass is 495 g/mol. The standard InChI is InChI=1S/C29H25N3O3S/c1-36-25-15-12-23(13-16-25)28-30(19-21-8-4-2-5-9-21)27-17-14-24(32(34)35)18-26(27)29(33)31(28)20-22-10-6-3-7-11-22/h2-18,28H,19-20H2,1H3/t28-/m0/s1. The molecule has 1 heterocycles. The average Bonchev–Trinajstić information content (AvgIpc) is 2.92. The first-order valence-electron chi connectivity index (χ1n) is 11.6. The minimum absolute atomic E-state index is 0.0933. The fourth-order valence-electron chi connectivity index (χ4n) is 4.65. The number of nitro benzene ring substituents is 1. The highest BCUT2D eigenvalue weighted by molar-refractivity contribution is 7.98. The second kappa shape index (κ2) is 10.3. The average molecular weight is 496 g/mol. The van der Waals surface area contributed by atoms with E-state index in [4.69, 9.17) is 0 Å². The molecule has 36 heavy (non-hydrogen) atoms. The second-order valence-corrected chi connectivity index (χ2v) is 9.52. The van der Waals surface area contributed by atoms with Crippen molar-refractivity contribution in [3.8, 4) is 0 Å². The lowest BCUT2D eigenvalue weighted by Crippen LogP contribution is -2.48. The fourth-order valence-corrected chi connectivity index (χ4v) is 5.06. The first kappa shape index (κ1) is 23.6. The van der Waals surface area contributed by atoms with Gasteiger partial charge in [0.1, 0.15) is 6.17 Å². The Bertz CT molecular complexity index is 1380. The normalized spacial score (nSPS) is 15.0. The number of nitrogens with zero attached hydrogens (tertiary/aromatic N) is 3. The van der Waals surface area contributed by atoms with Crippen LogP contribution in [0.4, 0.5) is 11.4 Å². The van der Waals surface area contributed by atoms with Gasteiger partial charge in [0, 0.05) is 30.1 Å². The smallest absolute Gasteiger partial charge is 0.270 e. The van der Waals surface area contributed by atoms with Gasteiger partial charge in [-0.1, -0.05) is 72.8 Å². The van der Waals surface area contributed by atoms with Crippen LogP contribution in [0.1, 0.15) is 33.2 Å². The third-order valence-corrected chi connectivity index (χ3v) is 7.13. The summed E-state index contributed by atoms with van der Waals surface area (Å²) in [5, 5.41) is 11.5. The van der Waals surface area contributed by atoms with Crippen LogP contribution in [0.25, 0.3) is 0 Å². The Morgan fingerprint density at radius 1 is 0.806 bits per heavy atom. The first-order chi connectivity index (χ1) is 17.5. The topological polar surface area (TPSA) is 66.7 Å². The third-order valence-electron chi connectivity index (χ3n) is 6.39. The summed E-state index contributed by atoms with van der Waals surface area (Å²) in [7, 11) is 0. The zero-order valence-corrected chi connectivity index (χ0v) is 20.6. The van der Waals surface area contributed by atoms with Crippen LogP contribution < -0.4 is 4.90 Å². The van der Waals surface area contributed by atoms with Crippen LogP contribution in [0, 0.1) is 10.1 Å². The molecule has 0 saturated carbocycles. The van der Waals surface area contributed by atoms with E-state index in [2.05, 4.69) is 41.3 Å². The molecule has 0 N–H and O–H groups in total. The van der Waals surface area contributed by atoms with E-state index < -0.39 is 4.92 Å². The molecule has 0 fully saturated rings. The highest BCUT2D eigenvalue weighted by Gasteiger charge is 2.39. The number of thioether (sulfide) groups is 1. The summed E-state index contributed by atoms with van der Waals surface area (Å²) in [5.74, 6) is -0.221. The molecule has 1 aliphatic rings. The van der Waals surface area contributed by atoms with Crippen molar-refractivity contribution in [2.75, 3.05) is 11.2 Å². The van der Waals surface area contributed by atoms with Gasteiger partial charge >= 0.3 is 0 Å².